The van der Waals surface area contributed by atoms with Gasteiger partial charge in [-0.05, 0) is 53.8 Å². The maximum absolute atomic E-state index is 6.22. The second-order valence-electron chi connectivity index (χ2n) is 5.22. The molecule has 2 aromatic rings. The summed E-state index contributed by atoms with van der Waals surface area (Å²) in [6.07, 6.45) is 1.99. The van der Waals surface area contributed by atoms with Crippen molar-refractivity contribution in [2.45, 2.75) is 29.7 Å². The van der Waals surface area contributed by atoms with E-state index in [4.69, 9.17) is 28.9 Å². The standard InChI is InChI=1S/C16H15Cl2NS/c17-14-5-1-9(7-15(14)18)11-4-6-16(19)12-3-2-10(20)8-13(11)12/h1-3,5,7-8,11,16,20H,4,6,19H2. The second-order valence-corrected chi connectivity index (χ2v) is 6.55. The first-order chi connectivity index (χ1) is 9.56. The summed E-state index contributed by atoms with van der Waals surface area (Å²) in [5.74, 6) is 0.312. The lowest BCUT2D eigenvalue weighted by molar-refractivity contribution is 0.529. The summed E-state index contributed by atoms with van der Waals surface area (Å²) < 4.78 is 0. The van der Waals surface area contributed by atoms with Gasteiger partial charge in [0.25, 0.3) is 0 Å². The van der Waals surface area contributed by atoms with Gasteiger partial charge in [0.1, 0.15) is 0 Å². The molecule has 0 spiro atoms. The maximum Gasteiger partial charge on any atom is 0.0595 e. The lowest BCUT2D eigenvalue weighted by atomic mass is 9.77. The molecule has 3 rings (SSSR count). The van der Waals surface area contributed by atoms with E-state index >= 15 is 0 Å². The van der Waals surface area contributed by atoms with Crippen LogP contribution >= 0.6 is 35.8 Å². The van der Waals surface area contributed by atoms with Crippen LogP contribution in [0, 0.1) is 0 Å². The number of hydrogen-bond donors (Lipinski definition) is 2. The molecule has 0 saturated carbocycles. The van der Waals surface area contributed by atoms with E-state index in [1.54, 1.807) is 0 Å². The Morgan fingerprint density at radius 2 is 1.75 bits per heavy atom. The van der Waals surface area contributed by atoms with Crippen molar-refractivity contribution < 1.29 is 0 Å². The zero-order valence-electron chi connectivity index (χ0n) is 10.8. The fourth-order valence-corrected chi connectivity index (χ4v) is 3.45. The van der Waals surface area contributed by atoms with Crippen LogP contribution in [0.4, 0.5) is 0 Å². The van der Waals surface area contributed by atoms with Gasteiger partial charge in [0.15, 0.2) is 0 Å². The molecule has 0 aromatic heterocycles. The lowest BCUT2D eigenvalue weighted by Gasteiger charge is -2.30. The number of nitrogens with two attached hydrogens (primary N) is 1. The van der Waals surface area contributed by atoms with E-state index in [0.29, 0.717) is 16.0 Å². The van der Waals surface area contributed by atoms with Crippen LogP contribution in [0.3, 0.4) is 0 Å². The molecular formula is C16H15Cl2NS. The summed E-state index contributed by atoms with van der Waals surface area (Å²) in [6.45, 7) is 0. The fourth-order valence-electron chi connectivity index (χ4n) is 2.93. The van der Waals surface area contributed by atoms with Crippen LogP contribution in [0.5, 0.6) is 0 Å². The van der Waals surface area contributed by atoms with Crippen molar-refractivity contribution >= 4 is 35.8 Å². The number of rotatable bonds is 1. The van der Waals surface area contributed by atoms with Crippen LogP contribution < -0.4 is 5.73 Å². The first-order valence-corrected chi connectivity index (χ1v) is 7.80. The average molecular weight is 324 g/mol. The summed E-state index contributed by atoms with van der Waals surface area (Å²) in [4.78, 5) is 0.961. The summed E-state index contributed by atoms with van der Waals surface area (Å²) in [7, 11) is 0. The Morgan fingerprint density at radius 3 is 2.50 bits per heavy atom. The molecule has 0 aliphatic heterocycles. The van der Waals surface area contributed by atoms with Gasteiger partial charge < -0.3 is 5.73 Å². The van der Waals surface area contributed by atoms with Gasteiger partial charge in [0.05, 0.1) is 10.0 Å². The highest BCUT2D eigenvalue weighted by atomic mass is 35.5. The topological polar surface area (TPSA) is 26.0 Å². The van der Waals surface area contributed by atoms with Gasteiger partial charge in [0, 0.05) is 16.9 Å². The minimum atomic E-state index is 0.109. The molecule has 104 valence electrons. The number of hydrogen-bond acceptors (Lipinski definition) is 2. The summed E-state index contributed by atoms with van der Waals surface area (Å²) in [6, 6.07) is 12.2. The highest BCUT2D eigenvalue weighted by Gasteiger charge is 2.26. The Hall–Kier alpha value is -0.670. The first kappa shape index (κ1) is 14.3. The number of halogens is 2. The number of fused-ring (bicyclic) bond motifs is 1. The third-order valence-corrected chi connectivity index (χ3v) is 4.97. The molecular weight excluding hydrogens is 309 g/mol. The third-order valence-electron chi connectivity index (χ3n) is 3.96. The van der Waals surface area contributed by atoms with E-state index in [-0.39, 0.29) is 6.04 Å². The molecule has 0 radical (unpaired) electrons. The minimum absolute atomic E-state index is 0.109. The molecule has 2 aromatic carbocycles. The smallest absolute Gasteiger partial charge is 0.0595 e. The van der Waals surface area contributed by atoms with Gasteiger partial charge in [-0.1, -0.05) is 35.3 Å². The second kappa shape index (κ2) is 5.61. The molecule has 0 bridgehead atoms. The fraction of sp³-hybridized carbons (Fsp3) is 0.250. The Bertz CT molecular complexity index is 657. The molecule has 2 N–H and O–H groups in total. The molecule has 2 unspecified atom stereocenters. The molecule has 2 atom stereocenters. The number of benzene rings is 2. The van der Waals surface area contributed by atoms with Gasteiger partial charge in [-0.15, -0.1) is 12.6 Å². The normalized spacial score (nSPS) is 21.6. The highest BCUT2D eigenvalue weighted by Crippen LogP contribution is 2.42. The third kappa shape index (κ3) is 2.58. The summed E-state index contributed by atoms with van der Waals surface area (Å²) in [5, 5.41) is 1.19. The van der Waals surface area contributed by atoms with Gasteiger partial charge in [0.2, 0.25) is 0 Å². The van der Waals surface area contributed by atoms with Crippen LogP contribution in [0.1, 0.15) is 41.5 Å². The van der Waals surface area contributed by atoms with E-state index in [1.807, 2.05) is 24.3 Å². The van der Waals surface area contributed by atoms with Crippen LogP contribution in [-0.2, 0) is 0 Å². The van der Waals surface area contributed by atoms with Crippen LogP contribution in [-0.4, -0.2) is 0 Å². The van der Waals surface area contributed by atoms with Crippen molar-refractivity contribution in [1.29, 1.82) is 0 Å². The van der Waals surface area contributed by atoms with Gasteiger partial charge in [-0.3, -0.25) is 0 Å². The van der Waals surface area contributed by atoms with Crippen LogP contribution in [0.15, 0.2) is 41.3 Å². The zero-order valence-corrected chi connectivity index (χ0v) is 13.2. The predicted octanol–water partition coefficient (Wildman–Crippen LogP) is 5.21. The molecule has 0 fully saturated rings. The SMILES string of the molecule is NC1CCC(c2ccc(Cl)c(Cl)c2)c2cc(S)ccc21. The van der Waals surface area contributed by atoms with Gasteiger partial charge in [-0.25, -0.2) is 0 Å². The van der Waals surface area contributed by atoms with E-state index in [1.165, 1.54) is 16.7 Å². The molecule has 1 aliphatic carbocycles. The minimum Gasteiger partial charge on any atom is -0.324 e. The summed E-state index contributed by atoms with van der Waals surface area (Å²) >= 11 is 16.6. The average Bonchev–Trinajstić information content (AvgIpc) is 2.42. The van der Waals surface area contributed by atoms with Crippen molar-refractivity contribution in [2.75, 3.05) is 0 Å². The largest absolute Gasteiger partial charge is 0.324 e. The Balaban J connectivity index is 2.09. The molecule has 4 heteroatoms. The summed E-state index contributed by atoms with van der Waals surface area (Å²) in [5.41, 5.74) is 9.88. The van der Waals surface area contributed by atoms with Crippen molar-refractivity contribution in [3.05, 3.63) is 63.1 Å². The van der Waals surface area contributed by atoms with E-state index in [9.17, 15) is 0 Å². The highest BCUT2D eigenvalue weighted by molar-refractivity contribution is 7.80. The zero-order chi connectivity index (χ0) is 14.3. The van der Waals surface area contributed by atoms with E-state index in [0.717, 1.165) is 17.7 Å². The van der Waals surface area contributed by atoms with Crippen molar-refractivity contribution in [3.63, 3.8) is 0 Å². The Kier molecular flexibility index (Phi) is 4.00. The molecule has 0 amide bonds. The molecule has 20 heavy (non-hydrogen) atoms. The van der Waals surface area contributed by atoms with Gasteiger partial charge >= 0.3 is 0 Å². The van der Waals surface area contributed by atoms with Crippen LogP contribution in [0.2, 0.25) is 10.0 Å². The van der Waals surface area contributed by atoms with Gasteiger partial charge in [-0.2, -0.15) is 0 Å². The maximum atomic E-state index is 6.22. The lowest BCUT2D eigenvalue weighted by Crippen LogP contribution is -2.21. The Morgan fingerprint density at radius 1 is 0.950 bits per heavy atom. The molecule has 1 aliphatic rings. The van der Waals surface area contributed by atoms with Crippen molar-refractivity contribution in [2.24, 2.45) is 5.73 Å². The van der Waals surface area contributed by atoms with Crippen molar-refractivity contribution in [1.82, 2.24) is 0 Å². The number of thiol groups is 1. The quantitative estimate of drug-likeness (QED) is 0.692. The van der Waals surface area contributed by atoms with Crippen molar-refractivity contribution in [3.8, 4) is 0 Å². The predicted molar refractivity (Wildman–Crippen MR) is 88.2 cm³/mol. The first-order valence-electron chi connectivity index (χ1n) is 6.59. The Labute approximate surface area is 134 Å². The molecule has 0 heterocycles. The van der Waals surface area contributed by atoms with Crippen LogP contribution in [0.25, 0.3) is 0 Å². The van der Waals surface area contributed by atoms with E-state index < -0.39 is 0 Å². The monoisotopic (exact) mass is 323 g/mol. The molecule has 0 saturated heterocycles. The van der Waals surface area contributed by atoms with E-state index in [2.05, 4.69) is 24.8 Å². The molecule has 1 nitrogen and oxygen atoms in total.